The van der Waals surface area contributed by atoms with Crippen LogP contribution >= 0.6 is 11.6 Å². The Bertz CT molecular complexity index is 714. The molecule has 0 aromatic heterocycles. The van der Waals surface area contributed by atoms with Gasteiger partial charge in [0.2, 0.25) is 0 Å². The minimum atomic E-state index is -0.175. The molecule has 2 aromatic carbocycles. The molecule has 2 aromatic rings. The fourth-order valence-corrected chi connectivity index (χ4v) is 3.19. The van der Waals surface area contributed by atoms with Crippen LogP contribution in [0.1, 0.15) is 19.8 Å². The van der Waals surface area contributed by atoms with Crippen LogP contribution in [0.3, 0.4) is 0 Å². The van der Waals surface area contributed by atoms with Gasteiger partial charge in [-0.15, -0.1) is 0 Å². The van der Waals surface area contributed by atoms with Gasteiger partial charge in [-0.05, 0) is 43.0 Å². The first-order valence-corrected chi connectivity index (χ1v) is 8.90. The van der Waals surface area contributed by atoms with E-state index >= 15 is 0 Å². The van der Waals surface area contributed by atoms with Crippen molar-refractivity contribution in [2.24, 2.45) is 0 Å². The first-order chi connectivity index (χ1) is 12.1. The molecule has 132 valence electrons. The van der Waals surface area contributed by atoms with Crippen molar-refractivity contribution in [1.29, 1.82) is 0 Å². The zero-order valence-corrected chi connectivity index (χ0v) is 15.0. The molecule has 2 unspecified atom stereocenters. The summed E-state index contributed by atoms with van der Waals surface area (Å²) in [5.74, 6) is 0.326. The van der Waals surface area contributed by atoms with Crippen LogP contribution in [0.15, 0.2) is 48.5 Å². The van der Waals surface area contributed by atoms with E-state index < -0.39 is 0 Å². The van der Waals surface area contributed by atoms with Gasteiger partial charge in [0.25, 0.3) is 5.91 Å². The van der Waals surface area contributed by atoms with E-state index in [2.05, 4.69) is 5.32 Å². The lowest BCUT2D eigenvalue weighted by Gasteiger charge is -2.20. The fraction of sp³-hybridized carbons (Fsp3) is 0.350. The molecule has 5 heteroatoms. The van der Waals surface area contributed by atoms with E-state index in [4.69, 9.17) is 21.1 Å². The molecule has 0 saturated carbocycles. The second kappa shape index (κ2) is 8.37. The molecule has 4 nitrogen and oxygen atoms in total. The third kappa shape index (κ3) is 4.74. The summed E-state index contributed by atoms with van der Waals surface area (Å²) >= 11 is 6.30. The van der Waals surface area contributed by atoms with E-state index in [1.54, 1.807) is 6.07 Å². The van der Waals surface area contributed by atoms with E-state index in [1.807, 2.05) is 49.4 Å². The highest BCUT2D eigenvalue weighted by atomic mass is 35.5. The monoisotopic (exact) mass is 359 g/mol. The van der Waals surface area contributed by atoms with Crippen LogP contribution in [-0.2, 0) is 9.53 Å². The number of carbonyl (C=O) groups is 1. The van der Waals surface area contributed by atoms with Gasteiger partial charge in [0, 0.05) is 6.61 Å². The molecule has 0 bridgehead atoms. The van der Waals surface area contributed by atoms with Gasteiger partial charge in [0.1, 0.15) is 5.75 Å². The number of amides is 1. The van der Waals surface area contributed by atoms with Crippen LogP contribution in [0.2, 0.25) is 5.02 Å². The Balaban J connectivity index is 1.55. The molecule has 2 atom stereocenters. The Kier molecular flexibility index (Phi) is 5.95. The minimum absolute atomic E-state index is 0.0190. The van der Waals surface area contributed by atoms with E-state index in [0.717, 1.165) is 30.6 Å². The fourth-order valence-electron chi connectivity index (χ4n) is 2.96. The molecule has 3 rings (SSSR count). The summed E-state index contributed by atoms with van der Waals surface area (Å²) in [6.07, 6.45) is 2.12. The molecule has 1 fully saturated rings. The van der Waals surface area contributed by atoms with Gasteiger partial charge < -0.3 is 14.8 Å². The van der Waals surface area contributed by atoms with Gasteiger partial charge in [-0.2, -0.15) is 0 Å². The maximum absolute atomic E-state index is 12.0. The van der Waals surface area contributed by atoms with Gasteiger partial charge in [-0.3, -0.25) is 4.79 Å². The topological polar surface area (TPSA) is 47.6 Å². The number of carbonyl (C=O) groups excluding carboxylic acids is 1. The number of benzene rings is 2. The van der Waals surface area contributed by atoms with E-state index in [-0.39, 0.29) is 24.7 Å². The van der Waals surface area contributed by atoms with E-state index in [0.29, 0.717) is 10.8 Å². The van der Waals surface area contributed by atoms with Crippen molar-refractivity contribution in [3.05, 3.63) is 53.6 Å². The predicted molar refractivity (Wildman–Crippen MR) is 99.0 cm³/mol. The molecule has 1 saturated heterocycles. The summed E-state index contributed by atoms with van der Waals surface area (Å²) < 4.78 is 11.1. The second-order valence-electron chi connectivity index (χ2n) is 6.21. The van der Waals surface area contributed by atoms with E-state index in [9.17, 15) is 4.79 Å². The Morgan fingerprint density at radius 2 is 2.08 bits per heavy atom. The lowest BCUT2D eigenvalue weighted by atomic mass is 10.1. The van der Waals surface area contributed by atoms with Gasteiger partial charge >= 0.3 is 0 Å². The molecule has 1 amide bonds. The van der Waals surface area contributed by atoms with Crippen LogP contribution in [-0.4, -0.2) is 31.3 Å². The van der Waals surface area contributed by atoms with Crippen molar-refractivity contribution in [2.45, 2.75) is 31.9 Å². The molecular formula is C20H22ClNO3. The van der Waals surface area contributed by atoms with Crippen LogP contribution in [0.4, 0.5) is 0 Å². The summed E-state index contributed by atoms with van der Waals surface area (Å²) in [4.78, 5) is 12.0. The zero-order chi connectivity index (χ0) is 17.6. The van der Waals surface area contributed by atoms with Crippen LogP contribution in [0.5, 0.6) is 5.75 Å². The van der Waals surface area contributed by atoms with Gasteiger partial charge in [0.05, 0.1) is 17.2 Å². The SMILES string of the molecule is CC(NC(=O)COc1ccc(-c2ccccc2)cc1Cl)C1CCCO1. The van der Waals surface area contributed by atoms with Gasteiger partial charge in [-0.25, -0.2) is 0 Å². The summed E-state index contributed by atoms with van der Waals surface area (Å²) in [5, 5.41) is 3.40. The van der Waals surface area contributed by atoms with Crippen molar-refractivity contribution >= 4 is 17.5 Å². The average molecular weight is 360 g/mol. The predicted octanol–water partition coefficient (Wildman–Crippen LogP) is 4.07. The molecule has 25 heavy (non-hydrogen) atoms. The van der Waals surface area contributed by atoms with E-state index in [1.165, 1.54) is 0 Å². The van der Waals surface area contributed by atoms with Crippen LogP contribution in [0, 0.1) is 0 Å². The largest absolute Gasteiger partial charge is 0.482 e. The standard InChI is InChI=1S/C20H22ClNO3/c1-14(18-8-5-11-24-18)22-20(23)13-25-19-10-9-16(12-17(19)21)15-6-3-2-4-7-15/h2-4,6-7,9-10,12,14,18H,5,8,11,13H2,1H3,(H,22,23). The molecule has 1 N–H and O–H groups in total. The maximum atomic E-state index is 12.0. The summed E-state index contributed by atoms with van der Waals surface area (Å²) in [6.45, 7) is 2.65. The average Bonchev–Trinajstić information content (AvgIpc) is 3.16. The Morgan fingerprint density at radius 3 is 2.76 bits per heavy atom. The maximum Gasteiger partial charge on any atom is 0.258 e. The first-order valence-electron chi connectivity index (χ1n) is 8.52. The van der Waals surface area contributed by atoms with Crippen molar-refractivity contribution in [3.63, 3.8) is 0 Å². The lowest BCUT2D eigenvalue weighted by Crippen LogP contribution is -2.42. The molecule has 0 radical (unpaired) electrons. The van der Waals surface area contributed by atoms with Gasteiger partial charge in [0.15, 0.2) is 6.61 Å². The first kappa shape index (κ1) is 17.8. The lowest BCUT2D eigenvalue weighted by molar-refractivity contribution is -0.124. The van der Waals surface area contributed by atoms with Crippen molar-refractivity contribution in [1.82, 2.24) is 5.32 Å². The Morgan fingerprint density at radius 1 is 1.28 bits per heavy atom. The summed E-state index contributed by atoms with van der Waals surface area (Å²) in [7, 11) is 0. The smallest absolute Gasteiger partial charge is 0.258 e. The molecule has 1 aliphatic rings. The molecule has 1 heterocycles. The quantitative estimate of drug-likeness (QED) is 0.845. The molecule has 0 aliphatic carbocycles. The molecule has 1 aliphatic heterocycles. The van der Waals surface area contributed by atoms with Crippen LogP contribution in [0.25, 0.3) is 11.1 Å². The summed E-state index contributed by atoms with van der Waals surface area (Å²) in [5.41, 5.74) is 2.09. The van der Waals surface area contributed by atoms with Crippen LogP contribution < -0.4 is 10.1 Å². The highest BCUT2D eigenvalue weighted by molar-refractivity contribution is 6.32. The Labute approximate surface area is 153 Å². The highest BCUT2D eigenvalue weighted by Gasteiger charge is 2.23. The zero-order valence-electron chi connectivity index (χ0n) is 14.2. The second-order valence-corrected chi connectivity index (χ2v) is 6.61. The highest BCUT2D eigenvalue weighted by Crippen LogP contribution is 2.30. The Hall–Kier alpha value is -2.04. The number of hydrogen-bond acceptors (Lipinski definition) is 3. The number of nitrogens with one attached hydrogen (secondary N) is 1. The van der Waals surface area contributed by atoms with Gasteiger partial charge in [-0.1, -0.05) is 48.0 Å². The number of hydrogen-bond donors (Lipinski definition) is 1. The third-order valence-corrected chi connectivity index (χ3v) is 4.60. The molecular weight excluding hydrogens is 338 g/mol. The summed E-state index contributed by atoms with van der Waals surface area (Å²) in [6, 6.07) is 15.5. The number of ether oxygens (including phenoxy) is 2. The number of rotatable bonds is 6. The minimum Gasteiger partial charge on any atom is -0.482 e. The normalized spacial score (nSPS) is 17.9. The molecule has 0 spiro atoms. The van der Waals surface area contributed by atoms with Crippen molar-refractivity contribution < 1.29 is 14.3 Å². The van der Waals surface area contributed by atoms with Crippen molar-refractivity contribution in [2.75, 3.05) is 13.2 Å². The third-order valence-electron chi connectivity index (χ3n) is 4.31. The number of halogens is 1. The van der Waals surface area contributed by atoms with Crippen molar-refractivity contribution in [3.8, 4) is 16.9 Å².